The molecule has 2 N–H and O–H groups in total. The monoisotopic (exact) mass is 300 g/mol. The van der Waals surface area contributed by atoms with Crippen molar-refractivity contribution in [3.05, 3.63) is 59.4 Å². The highest BCUT2D eigenvalue weighted by Crippen LogP contribution is 2.09. The Labute approximate surface area is 127 Å². The van der Waals surface area contributed by atoms with E-state index in [4.69, 9.17) is 0 Å². The van der Waals surface area contributed by atoms with E-state index in [0.717, 1.165) is 5.56 Å². The van der Waals surface area contributed by atoms with Crippen molar-refractivity contribution in [2.45, 2.75) is 6.42 Å². The van der Waals surface area contributed by atoms with E-state index >= 15 is 0 Å². The molecule has 0 fully saturated rings. The molecule has 0 radical (unpaired) electrons. The number of carbonyl (C=O) groups excluding carboxylic acids is 2. The van der Waals surface area contributed by atoms with Gasteiger partial charge in [-0.1, -0.05) is 18.2 Å². The second-order valence-corrected chi connectivity index (χ2v) is 4.57. The van der Waals surface area contributed by atoms with E-state index in [-0.39, 0.29) is 23.0 Å². The lowest BCUT2D eigenvalue weighted by Crippen LogP contribution is -2.27. The summed E-state index contributed by atoms with van der Waals surface area (Å²) in [5.41, 5.74) is 1.25. The van der Waals surface area contributed by atoms with E-state index in [1.165, 1.54) is 19.2 Å². The van der Waals surface area contributed by atoms with Gasteiger partial charge in [0.2, 0.25) is 0 Å². The smallest absolute Gasteiger partial charge is 0.356 e. The molecule has 0 saturated heterocycles. The first kappa shape index (κ1) is 15.5. The predicted octanol–water partition coefficient (Wildman–Crippen LogP) is 1.55. The van der Waals surface area contributed by atoms with E-state index in [1.807, 2.05) is 0 Å². The molecule has 0 aliphatic carbocycles. The summed E-state index contributed by atoms with van der Waals surface area (Å²) < 4.78 is 4.57. The highest BCUT2D eigenvalue weighted by Gasteiger charge is 2.12. The Morgan fingerprint density at radius 3 is 2.50 bits per heavy atom. The van der Waals surface area contributed by atoms with Gasteiger partial charge in [-0.15, -0.1) is 0 Å². The van der Waals surface area contributed by atoms with Crippen LogP contribution in [0.1, 0.15) is 26.5 Å². The van der Waals surface area contributed by atoms with Gasteiger partial charge in [0.25, 0.3) is 5.91 Å². The van der Waals surface area contributed by atoms with Gasteiger partial charge in [-0.2, -0.15) is 0 Å². The maximum atomic E-state index is 12.0. The van der Waals surface area contributed by atoms with E-state index in [9.17, 15) is 14.7 Å². The average molecular weight is 300 g/mol. The van der Waals surface area contributed by atoms with Crippen LogP contribution >= 0.6 is 0 Å². The van der Waals surface area contributed by atoms with Crippen LogP contribution in [-0.2, 0) is 11.2 Å². The maximum Gasteiger partial charge on any atom is 0.356 e. The molecule has 6 nitrogen and oxygen atoms in total. The third-order valence-electron chi connectivity index (χ3n) is 3.01. The number of phenolic OH excluding ortho intramolecular Hbond substituents is 1. The number of methoxy groups -OCH3 is 1. The van der Waals surface area contributed by atoms with Crippen LogP contribution < -0.4 is 5.32 Å². The number of rotatable bonds is 5. The molecule has 0 bridgehead atoms. The Morgan fingerprint density at radius 2 is 1.82 bits per heavy atom. The SMILES string of the molecule is COC(=O)c1cccc(C(=O)NCCc2ccc(O)cc2)n1. The first-order valence-electron chi connectivity index (χ1n) is 6.71. The number of esters is 1. The summed E-state index contributed by atoms with van der Waals surface area (Å²) in [7, 11) is 1.26. The van der Waals surface area contributed by atoms with Crippen molar-refractivity contribution in [1.29, 1.82) is 0 Å². The van der Waals surface area contributed by atoms with Crippen molar-refractivity contribution < 1.29 is 19.4 Å². The lowest BCUT2D eigenvalue weighted by atomic mass is 10.1. The summed E-state index contributed by atoms with van der Waals surface area (Å²) in [6.45, 7) is 0.424. The zero-order valence-electron chi connectivity index (χ0n) is 12.1. The molecule has 0 aliphatic heterocycles. The fourth-order valence-corrected chi connectivity index (χ4v) is 1.85. The third-order valence-corrected chi connectivity index (χ3v) is 3.01. The van der Waals surface area contributed by atoms with Gasteiger partial charge in [0.1, 0.15) is 17.1 Å². The zero-order chi connectivity index (χ0) is 15.9. The van der Waals surface area contributed by atoms with Gasteiger partial charge in [-0.3, -0.25) is 4.79 Å². The molecule has 1 amide bonds. The van der Waals surface area contributed by atoms with Crippen LogP contribution in [0.15, 0.2) is 42.5 Å². The summed E-state index contributed by atoms with van der Waals surface area (Å²) >= 11 is 0. The van der Waals surface area contributed by atoms with Crippen LogP contribution in [0.4, 0.5) is 0 Å². The van der Waals surface area contributed by atoms with Crippen LogP contribution in [0, 0.1) is 0 Å². The third kappa shape index (κ3) is 4.05. The van der Waals surface area contributed by atoms with E-state index in [0.29, 0.717) is 13.0 Å². The average Bonchev–Trinajstić information content (AvgIpc) is 2.56. The number of aromatic hydroxyl groups is 1. The molecule has 0 saturated carbocycles. The van der Waals surface area contributed by atoms with Gasteiger partial charge < -0.3 is 15.2 Å². The number of amides is 1. The van der Waals surface area contributed by atoms with Crippen molar-refractivity contribution in [3.63, 3.8) is 0 Å². The number of pyridine rings is 1. The number of carbonyl (C=O) groups is 2. The van der Waals surface area contributed by atoms with Gasteiger partial charge in [0.05, 0.1) is 7.11 Å². The fourth-order valence-electron chi connectivity index (χ4n) is 1.85. The highest BCUT2D eigenvalue weighted by molar-refractivity contribution is 5.94. The number of phenols is 1. The van der Waals surface area contributed by atoms with Crippen LogP contribution in [-0.4, -0.2) is 35.6 Å². The Balaban J connectivity index is 1.92. The number of aromatic nitrogens is 1. The topological polar surface area (TPSA) is 88.5 Å². The highest BCUT2D eigenvalue weighted by atomic mass is 16.5. The Bertz CT molecular complexity index is 668. The van der Waals surface area contributed by atoms with Crippen molar-refractivity contribution in [2.75, 3.05) is 13.7 Å². The van der Waals surface area contributed by atoms with E-state index < -0.39 is 5.97 Å². The molecule has 22 heavy (non-hydrogen) atoms. The summed E-state index contributed by atoms with van der Waals surface area (Å²) in [6.07, 6.45) is 0.628. The van der Waals surface area contributed by atoms with Crippen molar-refractivity contribution in [2.24, 2.45) is 0 Å². The maximum absolute atomic E-state index is 12.0. The van der Waals surface area contributed by atoms with E-state index in [1.54, 1.807) is 30.3 Å². The lowest BCUT2D eigenvalue weighted by molar-refractivity contribution is 0.0594. The normalized spacial score (nSPS) is 10.0. The predicted molar refractivity (Wildman–Crippen MR) is 79.7 cm³/mol. The van der Waals surface area contributed by atoms with Crippen LogP contribution in [0.25, 0.3) is 0 Å². The van der Waals surface area contributed by atoms with Crippen molar-refractivity contribution in [3.8, 4) is 5.75 Å². The van der Waals surface area contributed by atoms with Crippen molar-refractivity contribution >= 4 is 11.9 Å². The Kier molecular flexibility index (Phi) is 5.08. The summed E-state index contributed by atoms with van der Waals surface area (Å²) in [6, 6.07) is 11.4. The lowest BCUT2D eigenvalue weighted by Gasteiger charge is -2.06. The minimum Gasteiger partial charge on any atom is -0.508 e. The molecule has 2 aromatic rings. The minimum atomic E-state index is -0.584. The number of ether oxygens (including phenoxy) is 1. The molecular weight excluding hydrogens is 284 g/mol. The molecule has 2 rings (SSSR count). The van der Waals surface area contributed by atoms with Crippen LogP contribution in [0.2, 0.25) is 0 Å². The second kappa shape index (κ2) is 7.21. The van der Waals surface area contributed by atoms with Gasteiger partial charge in [0.15, 0.2) is 0 Å². The number of hydrogen-bond acceptors (Lipinski definition) is 5. The minimum absolute atomic E-state index is 0.0914. The number of hydrogen-bond donors (Lipinski definition) is 2. The second-order valence-electron chi connectivity index (χ2n) is 4.57. The van der Waals surface area contributed by atoms with Crippen LogP contribution in [0.5, 0.6) is 5.75 Å². The molecule has 6 heteroatoms. The number of nitrogens with zero attached hydrogens (tertiary/aromatic N) is 1. The Hall–Kier alpha value is -2.89. The number of benzene rings is 1. The molecule has 114 valence electrons. The van der Waals surface area contributed by atoms with Gasteiger partial charge >= 0.3 is 5.97 Å². The van der Waals surface area contributed by atoms with Gasteiger partial charge in [-0.25, -0.2) is 9.78 Å². The molecule has 0 spiro atoms. The molecule has 0 aliphatic rings. The molecule has 1 heterocycles. The largest absolute Gasteiger partial charge is 0.508 e. The Morgan fingerprint density at radius 1 is 1.14 bits per heavy atom. The molecule has 1 aromatic carbocycles. The van der Waals surface area contributed by atoms with Gasteiger partial charge in [-0.05, 0) is 36.2 Å². The van der Waals surface area contributed by atoms with Crippen LogP contribution in [0.3, 0.4) is 0 Å². The molecule has 1 aromatic heterocycles. The molecule has 0 unspecified atom stereocenters. The first-order valence-corrected chi connectivity index (χ1v) is 6.71. The van der Waals surface area contributed by atoms with E-state index in [2.05, 4.69) is 15.0 Å². The molecular formula is C16H16N2O4. The fraction of sp³-hybridized carbons (Fsp3) is 0.188. The summed E-state index contributed by atoms with van der Waals surface area (Å²) in [5.74, 6) is -0.736. The quantitative estimate of drug-likeness (QED) is 0.818. The first-order chi connectivity index (χ1) is 10.6. The summed E-state index contributed by atoms with van der Waals surface area (Å²) in [4.78, 5) is 27.3. The van der Waals surface area contributed by atoms with Gasteiger partial charge in [0, 0.05) is 6.54 Å². The number of nitrogens with one attached hydrogen (secondary N) is 1. The summed E-state index contributed by atoms with van der Waals surface area (Å²) in [5, 5.41) is 11.9. The standard InChI is InChI=1S/C16H16N2O4/c1-22-16(21)14-4-2-3-13(18-14)15(20)17-10-9-11-5-7-12(19)8-6-11/h2-8,19H,9-10H2,1H3,(H,17,20). The molecule has 0 atom stereocenters. The zero-order valence-corrected chi connectivity index (χ0v) is 12.1. The van der Waals surface area contributed by atoms with Crippen molar-refractivity contribution in [1.82, 2.24) is 10.3 Å².